The summed E-state index contributed by atoms with van der Waals surface area (Å²) in [7, 11) is 0. The summed E-state index contributed by atoms with van der Waals surface area (Å²) in [5.41, 5.74) is 2.57. The van der Waals surface area contributed by atoms with Crippen molar-refractivity contribution in [3.8, 4) is 0 Å². The molecule has 0 spiro atoms. The van der Waals surface area contributed by atoms with E-state index in [0.717, 1.165) is 21.4 Å². The third-order valence-corrected chi connectivity index (χ3v) is 4.04. The van der Waals surface area contributed by atoms with Crippen molar-refractivity contribution in [3.63, 3.8) is 0 Å². The molecule has 0 saturated heterocycles. The van der Waals surface area contributed by atoms with E-state index in [9.17, 15) is 0 Å². The number of halogens is 3. The van der Waals surface area contributed by atoms with Crippen LogP contribution in [0.15, 0.2) is 51.9 Å². The van der Waals surface area contributed by atoms with Crippen LogP contribution in [-0.2, 0) is 0 Å². The maximum Gasteiger partial charge on any atom is 0.152 e. The van der Waals surface area contributed by atoms with Crippen LogP contribution in [0.2, 0.25) is 5.02 Å². The fourth-order valence-corrected chi connectivity index (χ4v) is 2.67. The Morgan fingerprint density at radius 1 is 1.11 bits per heavy atom. The molecule has 0 aromatic heterocycles. The first-order chi connectivity index (χ1) is 9.15. The Kier molecular flexibility index (Phi) is 3.52. The average Bonchev–Trinajstić information content (AvgIpc) is 2.40. The molecule has 2 aromatic rings. The van der Waals surface area contributed by atoms with Gasteiger partial charge in [0.25, 0.3) is 0 Å². The molecule has 2 nitrogen and oxygen atoms in total. The highest BCUT2D eigenvalue weighted by atomic mass is 79.9. The summed E-state index contributed by atoms with van der Waals surface area (Å²) in [5.74, 6) is 0. The van der Waals surface area contributed by atoms with Gasteiger partial charge in [-0.15, -0.1) is 0 Å². The molecule has 1 atom stereocenters. The average molecular weight is 356 g/mol. The van der Waals surface area contributed by atoms with Crippen LogP contribution in [0.1, 0.15) is 11.1 Å². The monoisotopic (exact) mass is 354 g/mol. The van der Waals surface area contributed by atoms with E-state index in [1.165, 1.54) is 0 Å². The molecule has 0 saturated carbocycles. The minimum absolute atomic E-state index is 0.362. The molecule has 2 aromatic carbocycles. The fourth-order valence-electron chi connectivity index (χ4n) is 2.00. The molecule has 1 aliphatic rings. The van der Waals surface area contributed by atoms with Crippen molar-refractivity contribution >= 4 is 56.8 Å². The standard InChI is InChI=1S/C14H9BrCl2N2/c15-9-1-4-11(5-2-9)19-8-18-14(17)12-6-3-10(16)7-13(12)19/h1-8,14H. The summed E-state index contributed by atoms with van der Waals surface area (Å²) in [4.78, 5) is 6.27. The van der Waals surface area contributed by atoms with E-state index in [1.54, 1.807) is 6.34 Å². The predicted octanol–water partition coefficient (Wildman–Crippen LogP) is 5.52. The predicted molar refractivity (Wildman–Crippen MR) is 84.8 cm³/mol. The molecule has 0 fully saturated rings. The third-order valence-electron chi connectivity index (χ3n) is 2.93. The van der Waals surface area contributed by atoms with Gasteiger partial charge in [0.15, 0.2) is 5.50 Å². The molecule has 19 heavy (non-hydrogen) atoms. The highest BCUT2D eigenvalue weighted by Gasteiger charge is 2.21. The zero-order chi connectivity index (χ0) is 13.4. The van der Waals surface area contributed by atoms with E-state index >= 15 is 0 Å². The SMILES string of the molecule is Clc1ccc2c(c1)N(c1ccc(Br)cc1)C=NC2Cl. The van der Waals surface area contributed by atoms with Crippen molar-refractivity contribution in [1.82, 2.24) is 0 Å². The van der Waals surface area contributed by atoms with Gasteiger partial charge in [0, 0.05) is 20.7 Å². The Bertz CT molecular complexity index is 640. The van der Waals surface area contributed by atoms with Gasteiger partial charge in [0.05, 0.1) is 12.0 Å². The zero-order valence-electron chi connectivity index (χ0n) is 9.72. The van der Waals surface area contributed by atoms with Crippen molar-refractivity contribution in [2.24, 2.45) is 4.99 Å². The van der Waals surface area contributed by atoms with Gasteiger partial charge in [-0.1, -0.05) is 45.2 Å². The minimum Gasteiger partial charge on any atom is -0.301 e. The lowest BCUT2D eigenvalue weighted by atomic mass is 10.1. The number of hydrogen-bond acceptors (Lipinski definition) is 2. The normalized spacial score (nSPS) is 17.4. The Labute approximate surface area is 129 Å². The molecule has 1 heterocycles. The van der Waals surface area contributed by atoms with Gasteiger partial charge in [0.2, 0.25) is 0 Å². The summed E-state index contributed by atoms with van der Waals surface area (Å²) in [6.07, 6.45) is 1.74. The third kappa shape index (κ3) is 2.50. The van der Waals surface area contributed by atoms with Gasteiger partial charge < -0.3 is 4.90 Å². The number of aliphatic imine (C=N–C) groups is 1. The first-order valence-corrected chi connectivity index (χ1v) is 7.27. The van der Waals surface area contributed by atoms with Crippen LogP contribution in [0.3, 0.4) is 0 Å². The minimum atomic E-state index is -0.362. The van der Waals surface area contributed by atoms with Gasteiger partial charge >= 0.3 is 0 Å². The summed E-state index contributed by atoms with van der Waals surface area (Å²) < 4.78 is 1.03. The summed E-state index contributed by atoms with van der Waals surface area (Å²) in [6.45, 7) is 0. The first kappa shape index (κ1) is 13.0. The van der Waals surface area contributed by atoms with Crippen LogP contribution in [0.4, 0.5) is 11.4 Å². The molecular formula is C14H9BrCl2N2. The Morgan fingerprint density at radius 2 is 1.84 bits per heavy atom. The second-order valence-corrected chi connectivity index (χ2v) is 5.92. The molecule has 3 rings (SSSR count). The first-order valence-electron chi connectivity index (χ1n) is 5.67. The molecule has 5 heteroatoms. The van der Waals surface area contributed by atoms with Crippen LogP contribution >= 0.6 is 39.1 Å². The van der Waals surface area contributed by atoms with Crippen LogP contribution in [0.5, 0.6) is 0 Å². The Morgan fingerprint density at radius 3 is 2.58 bits per heavy atom. The van der Waals surface area contributed by atoms with E-state index in [2.05, 4.69) is 20.9 Å². The van der Waals surface area contributed by atoms with Crippen LogP contribution in [0, 0.1) is 0 Å². The molecule has 96 valence electrons. The number of nitrogens with zero attached hydrogens (tertiary/aromatic N) is 2. The Balaban J connectivity index is 2.11. The molecule has 0 radical (unpaired) electrons. The van der Waals surface area contributed by atoms with Crippen molar-refractivity contribution in [2.45, 2.75) is 5.50 Å². The fraction of sp³-hybridized carbons (Fsp3) is 0.0714. The van der Waals surface area contributed by atoms with Gasteiger partial charge in [-0.3, -0.25) is 4.99 Å². The van der Waals surface area contributed by atoms with Gasteiger partial charge in [-0.2, -0.15) is 0 Å². The highest BCUT2D eigenvalue weighted by molar-refractivity contribution is 9.10. The number of anilines is 2. The molecule has 0 bridgehead atoms. The Hall–Kier alpha value is -1.03. The van der Waals surface area contributed by atoms with Crippen molar-refractivity contribution in [2.75, 3.05) is 4.90 Å². The second-order valence-electron chi connectivity index (χ2n) is 4.15. The maximum atomic E-state index is 6.20. The van der Waals surface area contributed by atoms with E-state index in [4.69, 9.17) is 23.2 Å². The summed E-state index contributed by atoms with van der Waals surface area (Å²) in [5, 5.41) is 0.681. The molecule has 0 N–H and O–H groups in total. The number of rotatable bonds is 1. The lowest BCUT2D eigenvalue weighted by Gasteiger charge is -2.28. The highest BCUT2D eigenvalue weighted by Crippen LogP contribution is 2.39. The second kappa shape index (κ2) is 5.16. The van der Waals surface area contributed by atoms with Crippen molar-refractivity contribution < 1.29 is 0 Å². The topological polar surface area (TPSA) is 15.6 Å². The molecular weight excluding hydrogens is 347 g/mol. The number of benzene rings is 2. The van der Waals surface area contributed by atoms with Crippen LogP contribution < -0.4 is 4.90 Å². The largest absolute Gasteiger partial charge is 0.301 e. The van der Waals surface area contributed by atoms with Crippen molar-refractivity contribution in [1.29, 1.82) is 0 Å². The zero-order valence-corrected chi connectivity index (χ0v) is 12.8. The number of alkyl halides is 1. The van der Waals surface area contributed by atoms with Gasteiger partial charge in [0.1, 0.15) is 0 Å². The molecule has 1 unspecified atom stereocenters. The van der Waals surface area contributed by atoms with Crippen molar-refractivity contribution in [3.05, 3.63) is 57.5 Å². The van der Waals surface area contributed by atoms with Gasteiger partial charge in [-0.25, -0.2) is 0 Å². The lowest BCUT2D eigenvalue weighted by molar-refractivity contribution is 0.988. The number of hydrogen-bond donors (Lipinski definition) is 0. The quantitative estimate of drug-likeness (QED) is 0.485. The van der Waals surface area contributed by atoms with E-state index in [1.807, 2.05) is 47.4 Å². The van der Waals surface area contributed by atoms with E-state index < -0.39 is 0 Å². The summed E-state index contributed by atoms with van der Waals surface area (Å²) >= 11 is 15.7. The van der Waals surface area contributed by atoms with E-state index in [-0.39, 0.29) is 5.50 Å². The van der Waals surface area contributed by atoms with Crippen LogP contribution in [-0.4, -0.2) is 6.34 Å². The van der Waals surface area contributed by atoms with Gasteiger partial charge in [-0.05, 0) is 36.4 Å². The van der Waals surface area contributed by atoms with E-state index in [0.29, 0.717) is 5.02 Å². The smallest absolute Gasteiger partial charge is 0.152 e. The summed E-state index contributed by atoms with van der Waals surface area (Å²) in [6, 6.07) is 13.6. The number of fused-ring (bicyclic) bond motifs is 1. The maximum absolute atomic E-state index is 6.20. The molecule has 0 aliphatic carbocycles. The molecule has 1 aliphatic heterocycles. The lowest BCUT2D eigenvalue weighted by Crippen LogP contribution is -2.20. The van der Waals surface area contributed by atoms with Crippen LogP contribution in [0.25, 0.3) is 0 Å². The molecule has 0 amide bonds.